The maximum Gasteiger partial charge on any atom is 0.240 e. The summed E-state index contributed by atoms with van der Waals surface area (Å²) in [5.41, 5.74) is 3.67. The summed E-state index contributed by atoms with van der Waals surface area (Å²) in [6.45, 7) is 0. The van der Waals surface area contributed by atoms with Gasteiger partial charge in [0.05, 0.1) is 24.6 Å². The zero-order chi connectivity index (χ0) is 21.5. The molecule has 1 saturated heterocycles. The van der Waals surface area contributed by atoms with Gasteiger partial charge in [0.1, 0.15) is 15.5 Å². The summed E-state index contributed by atoms with van der Waals surface area (Å²) < 4.78 is 5.21. The smallest absolute Gasteiger partial charge is 0.240 e. The van der Waals surface area contributed by atoms with Crippen molar-refractivity contribution in [3.63, 3.8) is 0 Å². The lowest BCUT2D eigenvalue weighted by Gasteiger charge is -2.54. The van der Waals surface area contributed by atoms with Crippen molar-refractivity contribution in [1.29, 1.82) is 0 Å². The van der Waals surface area contributed by atoms with Crippen LogP contribution in [-0.2, 0) is 19.3 Å². The molecule has 154 valence electrons. The Morgan fingerprint density at radius 1 is 0.710 bits per heavy atom. The molecule has 1 fully saturated rings. The second-order valence-electron chi connectivity index (χ2n) is 8.18. The molecule has 2 amide bonds. The number of imide groups is 1. The van der Waals surface area contributed by atoms with E-state index in [9.17, 15) is 9.59 Å². The Balaban J connectivity index is 1.62. The molecule has 0 N–H and O–H groups in total. The largest absolute Gasteiger partial charge is 0.497 e. The molecule has 3 aliphatic carbocycles. The van der Waals surface area contributed by atoms with Crippen LogP contribution >= 0.6 is 23.2 Å². The van der Waals surface area contributed by atoms with Crippen LogP contribution in [0.25, 0.3) is 0 Å². The van der Waals surface area contributed by atoms with E-state index in [1.54, 1.807) is 31.4 Å². The molecule has 3 aromatic rings. The molecular weight excluding hydrogens is 433 g/mol. The van der Waals surface area contributed by atoms with Crippen LogP contribution in [0, 0.1) is 11.8 Å². The lowest BCUT2D eigenvalue weighted by atomic mass is 9.54. The van der Waals surface area contributed by atoms with E-state index in [1.165, 1.54) is 4.90 Å². The molecule has 31 heavy (non-hydrogen) atoms. The Labute approximate surface area is 189 Å². The Hall–Kier alpha value is -2.82. The van der Waals surface area contributed by atoms with Gasteiger partial charge >= 0.3 is 0 Å². The van der Waals surface area contributed by atoms with E-state index in [2.05, 4.69) is 0 Å². The van der Waals surface area contributed by atoms with E-state index in [0.29, 0.717) is 11.4 Å². The third-order valence-corrected chi connectivity index (χ3v) is 8.20. The number of carbonyl (C=O) groups is 2. The van der Waals surface area contributed by atoms with Crippen molar-refractivity contribution in [2.45, 2.75) is 9.75 Å². The minimum Gasteiger partial charge on any atom is -0.497 e. The number of benzene rings is 3. The highest BCUT2D eigenvalue weighted by atomic mass is 35.5. The number of rotatable bonds is 2. The maximum absolute atomic E-state index is 13.8. The number of halogens is 2. The highest BCUT2D eigenvalue weighted by Crippen LogP contribution is 2.69. The Bertz CT molecular complexity index is 1150. The van der Waals surface area contributed by atoms with Gasteiger partial charge in [-0.3, -0.25) is 9.59 Å². The fourth-order valence-corrected chi connectivity index (χ4v) is 6.75. The van der Waals surface area contributed by atoms with E-state index >= 15 is 0 Å². The molecular formula is C25H17Cl2NO3. The number of alkyl halides is 2. The Kier molecular flexibility index (Phi) is 3.73. The van der Waals surface area contributed by atoms with Crippen molar-refractivity contribution in [1.82, 2.24) is 0 Å². The predicted octanol–water partition coefficient (Wildman–Crippen LogP) is 4.79. The average molecular weight is 450 g/mol. The highest BCUT2D eigenvalue weighted by Gasteiger charge is 2.73. The van der Waals surface area contributed by atoms with Crippen molar-refractivity contribution >= 4 is 40.7 Å². The number of nitrogens with zero attached hydrogens (tertiary/aromatic N) is 1. The number of amides is 2. The first-order valence-electron chi connectivity index (χ1n) is 10.0. The van der Waals surface area contributed by atoms with Gasteiger partial charge < -0.3 is 4.74 Å². The van der Waals surface area contributed by atoms with Crippen LogP contribution in [0.15, 0.2) is 72.8 Å². The van der Waals surface area contributed by atoms with Gasteiger partial charge in [0.25, 0.3) is 0 Å². The topological polar surface area (TPSA) is 46.6 Å². The minimum absolute atomic E-state index is 0.329. The SMILES string of the molecule is COc1ccc(N2C(=O)[C@H]3[C@H](C2=O)C2(Cl)c4ccccc4C3(Cl)c3ccccc32)cc1. The van der Waals surface area contributed by atoms with Crippen LogP contribution in [0.3, 0.4) is 0 Å². The van der Waals surface area contributed by atoms with Crippen LogP contribution in [-0.4, -0.2) is 18.9 Å². The molecule has 3 aromatic carbocycles. The molecule has 0 aromatic heterocycles. The summed E-state index contributed by atoms with van der Waals surface area (Å²) in [6.07, 6.45) is 0. The second-order valence-corrected chi connectivity index (χ2v) is 9.37. The first-order valence-corrected chi connectivity index (χ1v) is 10.8. The molecule has 1 aliphatic heterocycles. The summed E-state index contributed by atoms with van der Waals surface area (Å²) in [4.78, 5) is 26.5. The van der Waals surface area contributed by atoms with E-state index in [-0.39, 0.29) is 11.8 Å². The molecule has 6 heteroatoms. The van der Waals surface area contributed by atoms with Gasteiger partial charge in [-0.25, -0.2) is 4.90 Å². The summed E-state index contributed by atoms with van der Waals surface area (Å²) in [5, 5.41) is 0. The zero-order valence-electron chi connectivity index (χ0n) is 16.5. The summed E-state index contributed by atoms with van der Waals surface area (Å²) in [7, 11) is 1.57. The van der Waals surface area contributed by atoms with Gasteiger partial charge in [-0.05, 0) is 46.5 Å². The van der Waals surface area contributed by atoms with Gasteiger partial charge in [0.15, 0.2) is 0 Å². The summed E-state index contributed by atoms with van der Waals surface area (Å²) in [6, 6.07) is 22.1. The number of anilines is 1. The van der Waals surface area contributed by atoms with Crippen LogP contribution in [0.1, 0.15) is 22.3 Å². The Morgan fingerprint density at radius 3 is 1.45 bits per heavy atom. The molecule has 1 heterocycles. The first kappa shape index (κ1) is 18.9. The average Bonchev–Trinajstić information content (AvgIpc) is 3.08. The van der Waals surface area contributed by atoms with Crippen molar-refractivity contribution < 1.29 is 14.3 Å². The molecule has 2 bridgehead atoms. The van der Waals surface area contributed by atoms with Gasteiger partial charge in [-0.15, -0.1) is 23.2 Å². The van der Waals surface area contributed by atoms with E-state index < -0.39 is 21.6 Å². The van der Waals surface area contributed by atoms with Crippen LogP contribution < -0.4 is 9.64 Å². The molecule has 4 nitrogen and oxygen atoms in total. The fraction of sp³-hybridized carbons (Fsp3) is 0.200. The number of hydrogen-bond acceptors (Lipinski definition) is 3. The van der Waals surface area contributed by atoms with Gasteiger partial charge in [0, 0.05) is 0 Å². The van der Waals surface area contributed by atoms with Crippen molar-refractivity contribution in [2.24, 2.45) is 11.8 Å². The van der Waals surface area contributed by atoms with Crippen LogP contribution in [0.5, 0.6) is 5.75 Å². The second kappa shape index (κ2) is 6.12. The lowest BCUT2D eigenvalue weighted by molar-refractivity contribution is -0.122. The fourth-order valence-electron chi connectivity index (χ4n) is 5.65. The molecule has 7 rings (SSSR count). The van der Waals surface area contributed by atoms with E-state index in [0.717, 1.165) is 22.3 Å². The summed E-state index contributed by atoms with van der Waals surface area (Å²) >= 11 is 14.8. The number of hydrogen-bond donors (Lipinski definition) is 0. The van der Waals surface area contributed by atoms with E-state index in [4.69, 9.17) is 27.9 Å². The Morgan fingerprint density at radius 2 is 1.10 bits per heavy atom. The standard InChI is InChI=1S/C25H17Cl2NO3/c1-31-15-12-10-14(11-13-15)28-22(29)20-21(23(28)30)25(27)17-7-3-2-6-16(17)24(20,26)18-8-4-5-9-19(18)25/h2-13,20-21H,1H3/t20-,21-,24?,25?/m1/s1. The molecule has 0 radical (unpaired) electrons. The normalized spacial score (nSPS) is 30.1. The highest BCUT2D eigenvalue weighted by molar-refractivity contribution is 6.38. The first-order chi connectivity index (χ1) is 14.9. The predicted molar refractivity (Wildman–Crippen MR) is 119 cm³/mol. The zero-order valence-corrected chi connectivity index (χ0v) is 18.0. The quantitative estimate of drug-likeness (QED) is 0.417. The number of carbonyl (C=O) groups excluding carboxylic acids is 2. The monoisotopic (exact) mass is 449 g/mol. The van der Waals surface area contributed by atoms with Crippen molar-refractivity contribution in [3.05, 3.63) is 95.1 Å². The van der Waals surface area contributed by atoms with Gasteiger partial charge in [0.2, 0.25) is 11.8 Å². The van der Waals surface area contributed by atoms with Gasteiger partial charge in [-0.1, -0.05) is 48.5 Å². The molecule has 2 atom stereocenters. The molecule has 0 saturated carbocycles. The van der Waals surface area contributed by atoms with Gasteiger partial charge in [-0.2, -0.15) is 0 Å². The number of methoxy groups -OCH3 is 1. The summed E-state index contributed by atoms with van der Waals surface area (Å²) in [5.74, 6) is -1.62. The van der Waals surface area contributed by atoms with Crippen molar-refractivity contribution in [2.75, 3.05) is 12.0 Å². The van der Waals surface area contributed by atoms with Crippen molar-refractivity contribution in [3.8, 4) is 5.75 Å². The third-order valence-electron chi connectivity index (χ3n) is 6.92. The maximum atomic E-state index is 13.8. The minimum atomic E-state index is -1.16. The van der Waals surface area contributed by atoms with Crippen LogP contribution in [0.2, 0.25) is 0 Å². The van der Waals surface area contributed by atoms with E-state index in [1.807, 2.05) is 48.5 Å². The molecule has 0 spiro atoms. The molecule has 0 unspecified atom stereocenters. The lowest BCUT2D eigenvalue weighted by Crippen LogP contribution is -2.57. The third kappa shape index (κ3) is 2.07. The molecule has 4 aliphatic rings. The number of ether oxygens (including phenoxy) is 1. The van der Waals surface area contributed by atoms with Crippen LogP contribution in [0.4, 0.5) is 5.69 Å².